The van der Waals surface area contributed by atoms with Crippen molar-refractivity contribution in [1.82, 2.24) is 10.2 Å². The number of hydrogen-bond acceptors (Lipinski definition) is 8. The number of carbonyl (C=O) groups excluding carboxylic acids is 1. The molecule has 7 nitrogen and oxygen atoms in total. The van der Waals surface area contributed by atoms with E-state index in [-0.39, 0.29) is 5.91 Å². The van der Waals surface area contributed by atoms with Gasteiger partial charge in [0, 0.05) is 12.9 Å². The number of fused-ring (bicyclic) bond motifs is 1. The Morgan fingerprint density at radius 1 is 1.39 bits per heavy atom. The van der Waals surface area contributed by atoms with E-state index in [1.165, 1.54) is 23.1 Å². The Kier molecular flexibility index (Phi) is 5.31. The normalized spacial score (nSPS) is 12.9. The molecule has 1 N–H and O–H groups in total. The van der Waals surface area contributed by atoms with Crippen molar-refractivity contribution in [3.63, 3.8) is 0 Å². The van der Waals surface area contributed by atoms with E-state index >= 15 is 0 Å². The van der Waals surface area contributed by atoms with Crippen molar-refractivity contribution >= 4 is 34.1 Å². The van der Waals surface area contributed by atoms with Gasteiger partial charge in [0.05, 0.1) is 12.2 Å². The Morgan fingerprint density at radius 3 is 3.13 bits per heavy atom. The van der Waals surface area contributed by atoms with Crippen molar-refractivity contribution < 1.29 is 19.0 Å². The van der Waals surface area contributed by atoms with E-state index < -0.39 is 0 Å². The SMILES string of the molecule is COCCSc1nnc(NC(=O)c2cccc3c2OCCO3)s1. The van der Waals surface area contributed by atoms with Crippen LogP contribution in [0.15, 0.2) is 22.5 Å². The molecule has 1 aromatic carbocycles. The first kappa shape index (κ1) is 16.0. The van der Waals surface area contributed by atoms with Gasteiger partial charge in [-0.25, -0.2) is 0 Å². The van der Waals surface area contributed by atoms with E-state index in [1.54, 1.807) is 25.3 Å². The summed E-state index contributed by atoms with van der Waals surface area (Å²) in [6.07, 6.45) is 0. The van der Waals surface area contributed by atoms with Crippen LogP contribution < -0.4 is 14.8 Å². The van der Waals surface area contributed by atoms with Crippen molar-refractivity contribution in [2.45, 2.75) is 4.34 Å². The van der Waals surface area contributed by atoms with Crippen LogP contribution in [0.2, 0.25) is 0 Å². The minimum Gasteiger partial charge on any atom is -0.486 e. The van der Waals surface area contributed by atoms with Gasteiger partial charge in [0.15, 0.2) is 15.8 Å². The maximum absolute atomic E-state index is 12.4. The zero-order chi connectivity index (χ0) is 16.1. The van der Waals surface area contributed by atoms with Gasteiger partial charge >= 0.3 is 0 Å². The molecular formula is C14H15N3O4S2. The third-order valence-electron chi connectivity index (χ3n) is 2.95. The van der Waals surface area contributed by atoms with Crippen molar-refractivity contribution in [2.24, 2.45) is 0 Å². The summed E-state index contributed by atoms with van der Waals surface area (Å²) in [6.45, 7) is 1.55. The lowest BCUT2D eigenvalue weighted by Crippen LogP contribution is -2.20. The van der Waals surface area contributed by atoms with Gasteiger partial charge in [0.25, 0.3) is 5.91 Å². The highest BCUT2D eigenvalue weighted by Crippen LogP contribution is 2.34. The van der Waals surface area contributed by atoms with Crippen LogP contribution in [-0.2, 0) is 4.74 Å². The molecule has 0 spiro atoms. The molecule has 2 heterocycles. The number of amides is 1. The fraction of sp³-hybridized carbons (Fsp3) is 0.357. The van der Waals surface area contributed by atoms with Crippen LogP contribution in [0.5, 0.6) is 11.5 Å². The Bertz CT molecular complexity index is 692. The van der Waals surface area contributed by atoms with Crippen molar-refractivity contribution in [1.29, 1.82) is 0 Å². The van der Waals surface area contributed by atoms with E-state index in [1.807, 2.05) is 0 Å². The lowest BCUT2D eigenvalue weighted by atomic mass is 10.1. The van der Waals surface area contributed by atoms with Crippen LogP contribution in [0.1, 0.15) is 10.4 Å². The summed E-state index contributed by atoms with van der Waals surface area (Å²) in [5, 5.41) is 11.2. The maximum atomic E-state index is 12.4. The van der Waals surface area contributed by atoms with Crippen LogP contribution in [0, 0.1) is 0 Å². The molecule has 0 aliphatic carbocycles. The number of anilines is 1. The molecule has 1 aliphatic heterocycles. The van der Waals surface area contributed by atoms with Crippen LogP contribution in [0.3, 0.4) is 0 Å². The van der Waals surface area contributed by atoms with Gasteiger partial charge in [0.1, 0.15) is 13.2 Å². The number of aromatic nitrogens is 2. The predicted molar refractivity (Wildman–Crippen MR) is 87.9 cm³/mol. The largest absolute Gasteiger partial charge is 0.486 e. The van der Waals surface area contributed by atoms with E-state index in [2.05, 4.69) is 15.5 Å². The van der Waals surface area contributed by atoms with Gasteiger partial charge in [-0.3, -0.25) is 10.1 Å². The van der Waals surface area contributed by atoms with Crippen molar-refractivity contribution in [2.75, 3.05) is 38.0 Å². The summed E-state index contributed by atoms with van der Waals surface area (Å²) >= 11 is 2.86. The van der Waals surface area contributed by atoms with Gasteiger partial charge < -0.3 is 14.2 Å². The van der Waals surface area contributed by atoms with Crippen LogP contribution in [0.25, 0.3) is 0 Å². The highest BCUT2D eigenvalue weighted by molar-refractivity contribution is 8.01. The molecule has 23 heavy (non-hydrogen) atoms. The van der Waals surface area contributed by atoms with E-state index in [9.17, 15) is 4.79 Å². The summed E-state index contributed by atoms with van der Waals surface area (Å²) in [7, 11) is 1.65. The molecule has 0 radical (unpaired) electrons. The zero-order valence-corrected chi connectivity index (χ0v) is 14.0. The number of hydrogen-bond donors (Lipinski definition) is 1. The zero-order valence-electron chi connectivity index (χ0n) is 12.4. The second-order valence-electron chi connectivity index (χ2n) is 4.50. The molecule has 1 aliphatic rings. The third kappa shape index (κ3) is 3.92. The highest BCUT2D eigenvalue weighted by Gasteiger charge is 2.21. The molecule has 122 valence electrons. The summed E-state index contributed by atoms with van der Waals surface area (Å²) in [5.41, 5.74) is 0.422. The topological polar surface area (TPSA) is 82.6 Å². The number of thioether (sulfide) groups is 1. The number of nitrogens with one attached hydrogen (secondary N) is 1. The molecule has 1 amide bonds. The molecule has 0 fully saturated rings. The monoisotopic (exact) mass is 353 g/mol. The molecule has 9 heteroatoms. The number of methoxy groups -OCH3 is 1. The molecule has 1 aromatic heterocycles. The molecule has 0 saturated heterocycles. The van der Waals surface area contributed by atoms with Crippen LogP contribution in [-0.4, -0.2) is 48.8 Å². The van der Waals surface area contributed by atoms with Gasteiger partial charge in [0.2, 0.25) is 5.13 Å². The number of carbonyl (C=O) groups is 1. The Balaban J connectivity index is 1.68. The van der Waals surface area contributed by atoms with Gasteiger partial charge in [-0.2, -0.15) is 0 Å². The van der Waals surface area contributed by atoms with Crippen molar-refractivity contribution in [3.05, 3.63) is 23.8 Å². The fourth-order valence-corrected chi connectivity index (χ4v) is 3.67. The van der Waals surface area contributed by atoms with Crippen LogP contribution >= 0.6 is 23.1 Å². The standard InChI is InChI=1S/C14H15N3O4S2/c1-19-7-8-22-14-17-16-13(23-14)15-12(18)9-3-2-4-10-11(9)21-6-5-20-10/h2-4H,5-8H2,1H3,(H,15,16,18). The number of para-hydroxylation sites is 1. The first-order chi connectivity index (χ1) is 11.3. The lowest BCUT2D eigenvalue weighted by molar-refractivity contribution is 0.101. The van der Waals surface area contributed by atoms with Crippen molar-refractivity contribution in [3.8, 4) is 11.5 Å². The number of nitrogens with zero attached hydrogens (tertiary/aromatic N) is 2. The minimum atomic E-state index is -0.294. The van der Waals surface area contributed by atoms with Crippen LogP contribution in [0.4, 0.5) is 5.13 Å². The second-order valence-corrected chi connectivity index (χ2v) is 6.82. The summed E-state index contributed by atoms with van der Waals surface area (Å²) in [4.78, 5) is 12.4. The number of benzene rings is 1. The number of ether oxygens (including phenoxy) is 3. The first-order valence-corrected chi connectivity index (χ1v) is 8.73. The Morgan fingerprint density at radius 2 is 2.26 bits per heavy atom. The van der Waals surface area contributed by atoms with Gasteiger partial charge in [-0.1, -0.05) is 29.2 Å². The number of rotatable bonds is 6. The average molecular weight is 353 g/mol. The molecular weight excluding hydrogens is 338 g/mol. The summed E-state index contributed by atoms with van der Waals surface area (Å²) in [6, 6.07) is 5.23. The summed E-state index contributed by atoms with van der Waals surface area (Å²) in [5.74, 6) is 1.54. The quantitative estimate of drug-likeness (QED) is 0.485. The van der Waals surface area contributed by atoms with E-state index in [0.717, 1.165) is 10.1 Å². The molecule has 0 atom stereocenters. The predicted octanol–water partition coefficient (Wildman–Crippen LogP) is 2.30. The molecule has 0 unspecified atom stereocenters. The lowest BCUT2D eigenvalue weighted by Gasteiger charge is -2.20. The fourth-order valence-electron chi connectivity index (χ4n) is 1.95. The smallest absolute Gasteiger partial charge is 0.261 e. The van der Waals surface area contributed by atoms with E-state index in [0.29, 0.717) is 42.0 Å². The second kappa shape index (κ2) is 7.62. The minimum absolute atomic E-state index is 0.294. The Labute approximate surface area is 141 Å². The highest BCUT2D eigenvalue weighted by atomic mass is 32.2. The van der Waals surface area contributed by atoms with Gasteiger partial charge in [-0.15, -0.1) is 10.2 Å². The average Bonchev–Trinajstić information content (AvgIpc) is 3.02. The molecule has 3 rings (SSSR count). The molecule has 0 saturated carbocycles. The summed E-state index contributed by atoms with van der Waals surface area (Å²) < 4.78 is 16.8. The first-order valence-electron chi connectivity index (χ1n) is 6.93. The maximum Gasteiger partial charge on any atom is 0.261 e. The van der Waals surface area contributed by atoms with E-state index in [4.69, 9.17) is 14.2 Å². The molecule has 2 aromatic rings. The molecule has 0 bridgehead atoms. The third-order valence-corrected chi connectivity index (χ3v) is 4.89. The Hall–Kier alpha value is -1.84. The van der Waals surface area contributed by atoms with Gasteiger partial charge in [-0.05, 0) is 12.1 Å².